The van der Waals surface area contributed by atoms with Crippen LogP contribution < -0.4 is 10.6 Å². The summed E-state index contributed by atoms with van der Waals surface area (Å²) in [5.74, 6) is -0.941. The van der Waals surface area contributed by atoms with Crippen molar-refractivity contribution in [2.45, 2.75) is 38.3 Å². The Balaban J connectivity index is 1.92. The topological polar surface area (TPSA) is 101 Å². The van der Waals surface area contributed by atoms with Crippen molar-refractivity contribution in [3.8, 4) is 0 Å². The molecule has 1 aromatic heterocycles. The lowest BCUT2D eigenvalue weighted by atomic mass is 9.95. The maximum atomic E-state index is 12.0. The fraction of sp³-hybridized carbons (Fsp3) is 0.500. The SMILES string of the molecule is CC1OCCC1(C)NC(=O)Nc1ccc(CC(=O)O)nc1. The second kappa shape index (κ2) is 6.09. The quantitative estimate of drug-likeness (QED) is 0.779. The van der Waals surface area contributed by atoms with Crippen LogP contribution in [0.2, 0.25) is 0 Å². The fourth-order valence-corrected chi connectivity index (χ4v) is 2.18. The van der Waals surface area contributed by atoms with Gasteiger partial charge in [-0.3, -0.25) is 9.78 Å². The molecule has 2 rings (SSSR count). The van der Waals surface area contributed by atoms with Crippen LogP contribution in [0.5, 0.6) is 0 Å². The largest absolute Gasteiger partial charge is 0.481 e. The van der Waals surface area contributed by atoms with E-state index in [-0.39, 0.29) is 24.1 Å². The monoisotopic (exact) mass is 293 g/mol. The first-order valence-electron chi connectivity index (χ1n) is 6.76. The van der Waals surface area contributed by atoms with Crippen molar-refractivity contribution < 1.29 is 19.4 Å². The van der Waals surface area contributed by atoms with E-state index in [1.807, 2.05) is 13.8 Å². The van der Waals surface area contributed by atoms with Crippen molar-refractivity contribution in [3.63, 3.8) is 0 Å². The number of nitrogens with one attached hydrogen (secondary N) is 2. The van der Waals surface area contributed by atoms with Gasteiger partial charge in [0, 0.05) is 6.61 Å². The Morgan fingerprint density at radius 1 is 1.52 bits per heavy atom. The second-order valence-corrected chi connectivity index (χ2v) is 5.37. The average Bonchev–Trinajstić information content (AvgIpc) is 2.71. The van der Waals surface area contributed by atoms with Gasteiger partial charge in [-0.05, 0) is 32.4 Å². The number of amides is 2. The van der Waals surface area contributed by atoms with Crippen LogP contribution in [0.25, 0.3) is 0 Å². The number of aliphatic carboxylic acids is 1. The van der Waals surface area contributed by atoms with Crippen LogP contribution in [0.3, 0.4) is 0 Å². The standard InChI is InChI=1S/C14H19N3O4/c1-9-14(2,5-6-21-9)17-13(20)16-11-4-3-10(15-8-11)7-12(18)19/h3-4,8-9H,5-7H2,1-2H3,(H,18,19)(H2,16,17,20). The highest BCUT2D eigenvalue weighted by atomic mass is 16.5. The average molecular weight is 293 g/mol. The minimum atomic E-state index is -0.941. The van der Waals surface area contributed by atoms with Gasteiger partial charge < -0.3 is 20.5 Å². The first kappa shape index (κ1) is 15.2. The van der Waals surface area contributed by atoms with Gasteiger partial charge in [0.1, 0.15) is 0 Å². The van der Waals surface area contributed by atoms with Crippen LogP contribution in [-0.2, 0) is 16.0 Å². The number of carbonyl (C=O) groups excluding carboxylic acids is 1. The zero-order chi connectivity index (χ0) is 15.5. The molecule has 0 spiro atoms. The van der Waals surface area contributed by atoms with E-state index in [4.69, 9.17) is 9.84 Å². The van der Waals surface area contributed by atoms with E-state index in [1.54, 1.807) is 12.1 Å². The van der Waals surface area contributed by atoms with E-state index in [9.17, 15) is 9.59 Å². The molecule has 7 heteroatoms. The lowest BCUT2D eigenvalue weighted by Gasteiger charge is -2.28. The van der Waals surface area contributed by atoms with Crippen molar-refractivity contribution in [1.82, 2.24) is 10.3 Å². The molecule has 1 aliphatic rings. The fourth-order valence-electron chi connectivity index (χ4n) is 2.18. The molecule has 1 aromatic rings. The Kier molecular flexibility index (Phi) is 4.42. The van der Waals surface area contributed by atoms with Crippen LogP contribution >= 0.6 is 0 Å². The normalized spacial score (nSPS) is 24.6. The number of carbonyl (C=O) groups is 2. The summed E-state index contributed by atoms with van der Waals surface area (Å²) in [6.07, 6.45) is 2.02. The van der Waals surface area contributed by atoms with Gasteiger partial charge in [-0.15, -0.1) is 0 Å². The minimum Gasteiger partial charge on any atom is -0.481 e. The number of pyridine rings is 1. The molecular formula is C14H19N3O4. The third-order valence-electron chi connectivity index (χ3n) is 3.70. The molecule has 1 aliphatic heterocycles. The lowest BCUT2D eigenvalue weighted by Crippen LogP contribution is -2.52. The smallest absolute Gasteiger partial charge is 0.319 e. The zero-order valence-corrected chi connectivity index (χ0v) is 12.0. The van der Waals surface area contributed by atoms with Crippen LogP contribution in [0.4, 0.5) is 10.5 Å². The highest BCUT2D eigenvalue weighted by Gasteiger charge is 2.38. The Hall–Kier alpha value is -2.15. The molecule has 0 bridgehead atoms. The predicted molar refractivity (Wildman–Crippen MR) is 76.2 cm³/mol. The Morgan fingerprint density at radius 2 is 2.29 bits per heavy atom. The number of urea groups is 1. The number of nitrogens with zero attached hydrogens (tertiary/aromatic N) is 1. The molecule has 7 nitrogen and oxygen atoms in total. The number of hydrogen-bond acceptors (Lipinski definition) is 4. The summed E-state index contributed by atoms with van der Waals surface area (Å²) >= 11 is 0. The maximum absolute atomic E-state index is 12.0. The van der Waals surface area contributed by atoms with Gasteiger partial charge in [0.05, 0.1) is 35.6 Å². The summed E-state index contributed by atoms with van der Waals surface area (Å²) in [6, 6.07) is 2.87. The third kappa shape index (κ3) is 3.91. The molecule has 2 atom stereocenters. The summed E-state index contributed by atoms with van der Waals surface area (Å²) < 4.78 is 5.46. The van der Waals surface area contributed by atoms with Crippen LogP contribution in [0, 0.1) is 0 Å². The number of anilines is 1. The molecule has 2 amide bonds. The Bertz CT molecular complexity index is 532. The number of ether oxygens (including phenoxy) is 1. The van der Waals surface area contributed by atoms with Crippen molar-refractivity contribution >= 4 is 17.7 Å². The van der Waals surface area contributed by atoms with Gasteiger partial charge in [-0.1, -0.05) is 0 Å². The summed E-state index contributed by atoms with van der Waals surface area (Å²) in [6.45, 7) is 4.50. The Labute approximate surface area is 122 Å². The van der Waals surface area contributed by atoms with E-state index in [0.29, 0.717) is 18.0 Å². The summed E-state index contributed by atoms with van der Waals surface area (Å²) in [5, 5.41) is 14.2. The van der Waals surface area contributed by atoms with Gasteiger partial charge in [0.15, 0.2) is 0 Å². The molecule has 0 saturated carbocycles. The number of carboxylic acids is 1. The lowest BCUT2D eigenvalue weighted by molar-refractivity contribution is -0.136. The van der Waals surface area contributed by atoms with Crippen LogP contribution in [-0.4, -0.2) is 40.3 Å². The van der Waals surface area contributed by atoms with E-state index < -0.39 is 5.97 Å². The highest BCUT2D eigenvalue weighted by molar-refractivity contribution is 5.89. The Morgan fingerprint density at radius 3 is 2.81 bits per heavy atom. The van der Waals surface area contributed by atoms with E-state index in [1.165, 1.54) is 6.20 Å². The molecule has 21 heavy (non-hydrogen) atoms. The van der Waals surface area contributed by atoms with Gasteiger partial charge in [0.2, 0.25) is 0 Å². The highest BCUT2D eigenvalue weighted by Crippen LogP contribution is 2.25. The van der Waals surface area contributed by atoms with Gasteiger partial charge in [-0.2, -0.15) is 0 Å². The van der Waals surface area contributed by atoms with Crippen molar-refractivity contribution in [3.05, 3.63) is 24.0 Å². The summed E-state index contributed by atoms with van der Waals surface area (Å²) in [7, 11) is 0. The van der Waals surface area contributed by atoms with Crippen molar-refractivity contribution in [2.24, 2.45) is 0 Å². The molecule has 114 valence electrons. The molecule has 2 unspecified atom stereocenters. The third-order valence-corrected chi connectivity index (χ3v) is 3.70. The molecule has 0 aliphatic carbocycles. The molecule has 2 heterocycles. The van der Waals surface area contributed by atoms with Crippen molar-refractivity contribution in [1.29, 1.82) is 0 Å². The van der Waals surface area contributed by atoms with Crippen molar-refractivity contribution in [2.75, 3.05) is 11.9 Å². The summed E-state index contributed by atoms with van der Waals surface area (Å²) in [5.41, 5.74) is 0.566. The van der Waals surface area contributed by atoms with E-state index >= 15 is 0 Å². The number of rotatable bonds is 4. The van der Waals surface area contributed by atoms with Crippen LogP contribution in [0.15, 0.2) is 18.3 Å². The van der Waals surface area contributed by atoms with Gasteiger partial charge in [0.25, 0.3) is 0 Å². The number of hydrogen-bond donors (Lipinski definition) is 3. The zero-order valence-electron chi connectivity index (χ0n) is 12.0. The first-order valence-corrected chi connectivity index (χ1v) is 6.76. The predicted octanol–water partition coefficient (Wildman–Crippen LogP) is 1.40. The summed E-state index contributed by atoms with van der Waals surface area (Å²) in [4.78, 5) is 26.5. The molecule has 0 radical (unpaired) electrons. The van der Waals surface area contributed by atoms with Gasteiger partial charge >= 0.3 is 12.0 Å². The molecule has 0 aromatic carbocycles. The van der Waals surface area contributed by atoms with E-state index in [0.717, 1.165) is 6.42 Å². The molecule has 1 fully saturated rings. The van der Waals surface area contributed by atoms with Crippen LogP contribution in [0.1, 0.15) is 26.0 Å². The number of carboxylic acid groups (broad SMARTS) is 1. The molecule has 1 saturated heterocycles. The first-order chi connectivity index (χ1) is 9.89. The van der Waals surface area contributed by atoms with E-state index in [2.05, 4.69) is 15.6 Å². The van der Waals surface area contributed by atoms with Gasteiger partial charge in [-0.25, -0.2) is 4.79 Å². The minimum absolute atomic E-state index is 0.0423. The maximum Gasteiger partial charge on any atom is 0.319 e. The molecular weight excluding hydrogens is 274 g/mol. The number of aromatic nitrogens is 1. The second-order valence-electron chi connectivity index (χ2n) is 5.37. The molecule has 3 N–H and O–H groups in total.